The van der Waals surface area contributed by atoms with E-state index in [0.29, 0.717) is 28.3 Å². The molecule has 2 unspecified atom stereocenters. The van der Waals surface area contributed by atoms with E-state index >= 15 is 0 Å². The van der Waals surface area contributed by atoms with Gasteiger partial charge in [-0.3, -0.25) is 5.32 Å². The molecule has 0 bridgehead atoms. The molecule has 2 atom stereocenters. The van der Waals surface area contributed by atoms with Gasteiger partial charge in [0, 0.05) is 23.0 Å². The molecule has 1 aromatic carbocycles. The van der Waals surface area contributed by atoms with Crippen molar-refractivity contribution in [3.63, 3.8) is 0 Å². The number of ether oxygens (including phenoxy) is 1. The number of halogens is 2. The summed E-state index contributed by atoms with van der Waals surface area (Å²) < 4.78 is 11.2. The van der Waals surface area contributed by atoms with Crippen LogP contribution in [0.4, 0.5) is 0 Å². The second-order valence-electron chi connectivity index (χ2n) is 5.19. The molecule has 21 heavy (non-hydrogen) atoms. The molecule has 2 heterocycles. The molecule has 0 spiro atoms. The van der Waals surface area contributed by atoms with Crippen LogP contribution in [-0.2, 0) is 0 Å². The molecule has 112 valence electrons. The number of hydrogen-bond acceptors (Lipinski definition) is 4. The fraction of sp³-hybridized carbons (Fsp3) is 0.400. The van der Waals surface area contributed by atoms with Gasteiger partial charge in [0.25, 0.3) is 0 Å². The summed E-state index contributed by atoms with van der Waals surface area (Å²) in [6.45, 7) is 4.52. The van der Waals surface area contributed by atoms with Crippen molar-refractivity contribution in [1.29, 1.82) is 0 Å². The molecule has 3 rings (SSSR count). The Hall–Kier alpha value is -1.23. The minimum Gasteiger partial charge on any atom is -0.492 e. The maximum absolute atomic E-state index is 6.20. The van der Waals surface area contributed by atoms with E-state index in [-0.39, 0.29) is 12.1 Å². The van der Waals surface area contributed by atoms with Gasteiger partial charge < -0.3 is 9.15 Å². The molecule has 1 aromatic heterocycles. The average Bonchev–Trinajstić information content (AvgIpc) is 2.86. The number of nitrogens with one attached hydrogen (secondary N) is 1. The minimum absolute atomic E-state index is 0.00703. The number of aryl methyl sites for hydroxylation is 1. The molecule has 4 nitrogen and oxygen atoms in total. The van der Waals surface area contributed by atoms with E-state index in [1.165, 1.54) is 0 Å². The van der Waals surface area contributed by atoms with Crippen LogP contribution in [0.3, 0.4) is 0 Å². The highest BCUT2D eigenvalue weighted by Gasteiger charge is 2.26. The molecule has 0 saturated carbocycles. The van der Waals surface area contributed by atoms with Crippen LogP contribution in [0.2, 0.25) is 10.0 Å². The zero-order valence-corrected chi connectivity index (χ0v) is 13.3. The van der Waals surface area contributed by atoms with Gasteiger partial charge in [-0.2, -0.15) is 0 Å². The second kappa shape index (κ2) is 5.87. The smallest absolute Gasteiger partial charge is 0.211 e. The van der Waals surface area contributed by atoms with E-state index in [0.717, 1.165) is 17.7 Å². The highest BCUT2D eigenvalue weighted by molar-refractivity contribution is 6.35. The first-order chi connectivity index (χ1) is 10.0. The summed E-state index contributed by atoms with van der Waals surface area (Å²) in [5.41, 5.74) is 0.980. The SMILES string of the molecule is Cc1cnc(C(C)NC2CCOc3c(Cl)cc(Cl)cc32)o1. The van der Waals surface area contributed by atoms with E-state index in [1.807, 2.05) is 19.9 Å². The first-order valence-electron chi connectivity index (χ1n) is 6.84. The predicted octanol–water partition coefficient (Wildman–Crippen LogP) is 4.46. The largest absolute Gasteiger partial charge is 0.492 e. The summed E-state index contributed by atoms with van der Waals surface area (Å²) >= 11 is 12.3. The van der Waals surface area contributed by atoms with Crippen LogP contribution in [0, 0.1) is 6.92 Å². The fourth-order valence-corrected chi connectivity index (χ4v) is 3.11. The number of oxazole rings is 1. The van der Waals surface area contributed by atoms with Crippen molar-refractivity contribution < 1.29 is 9.15 Å². The maximum Gasteiger partial charge on any atom is 0.211 e. The average molecular weight is 327 g/mol. The van der Waals surface area contributed by atoms with Crippen molar-refractivity contribution in [3.8, 4) is 5.75 Å². The zero-order valence-electron chi connectivity index (χ0n) is 11.8. The Morgan fingerprint density at radius 1 is 1.38 bits per heavy atom. The first kappa shape index (κ1) is 14.7. The molecule has 0 saturated heterocycles. The van der Waals surface area contributed by atoms with Crippen molar-refractivity contribution in [3.05, 3.63) is 45.6 Å². The van der Waals surface area contributed by atoms with E-state index in [2.05, 4.69) is 10.3 Å². The lowest BCUT2D eigenvalue weighted by molar-refractivity contribution is 0.240. The molecule has 6 heteroatoms. The minimum atomic E-state index is -0.00703. The van der Waals surface area contributed by atoms with Gasteiger partial charge in [-0.05, 0) is 26.0 Å². The molecule has 0 fully saturated rings. The van der Waals surface area contributed by atoms with Gasteiger partial charge in [0.15, 0.2) is 0 Å². The summed E-state index contributed by atoms with van der Waals surface area (Å²) in [5, 5.41) is 4.66. The predicted molar refractivity (Wildman–Crippen MR) is 82.1 cm³/mol. The zero-order chi connectivity index (χ0) is 15.0. The number of fused-ring (bicyclic) bond motifs is 1. The van der Waals surface area contributed by atoms with E-state index in [4.69, 9.17) is 32.4 Å². The number of rotatable bonds is 3. The third kappa shape index (κ3) is 3.03. The molecular formula is C15H16Cl2N2O2. The highest BCUT2D eigenvalue weighted by atomic mass is 35.5. The van der Waals surface area contributed by atoms with Gasteiger partial charge in [-0.15, -0.1) is 0 Å². The van der Waals surface area contributed by atoms with Gasteiger partial charge in [-0.25, -0.2) is 4.98 Å². The molecule has 2 aromatic rings. The molecule has 1 aliphatic heterocycles. The standard InChI is InChI=1S/C15H16Cl2N2O2/c1-8-7-18-15(21-8)9(2)19-13-3-4-20-14-11(13)5-10(16)6-12(14)17/h5-7,9,13,19H,3-4H2,1-2H3. The van der Waals surface area contributed by atoms with Gasteiger partial charge in [-0.1, -0.05) is 23.2 Å². The van der Waals surface area contributed by atoms with Crippen LogP contribution >= 0.6 is 23.2 Å². The summed E-state index contributed by atoms with van der Waals surface area (Å²) in [6, 6.07) is 3.69. The van der Waals surface area contributed by atoms with Crippen LogP contribution in [-0.4, -0.2) is 11.6 Å². The molecule has 1 aliphatic rings. The molecule has 0 radical (unpaired) electrons. The number of hydrogen-bond donors (Lipinski definition) is 1. The quantitative estimate of drug-likeness (QED) is 0.904. The lowest BCUT2D eigenvalue weighted by Gasteiger charge is -2.29. The van der Waals surface area contributed by atoms with Crippen LogP contribution in [0.15, 0.2) is 22.7 Å². The normalized spacial score (nSPS) is 19.0. The van der Waals surface area contributed by atoms with Crippen LogP contribution in [0.1, 0.15) is 42.6 Å². The van der Waals surface area contributed by atoms with Crippen LogP contribution in [0.25, 0.3) is 0 Å². The third-order valence-corrected chi connectivity index (χ3v) is 4.03. The van der Waals surface area contributed by atoms with Crippen molar-refractivity contribution in [2.24, 2.45) is 0 Å². The summed E-state index contributed by atoms with van der Waals surface area (Å²) in [6.07, 6.45) is 2.56. The Labute approximate surface area is 133 Å². The van der Waals surface area contributed by atoms with E-state index in [9.17, 15) is 0 Å². The Morgan fingerprint density at radius 3 is 2.90 bits per heavy atom. The van der Waals surface area contributed by atoms with Gasteiger partial charge in [0.05, 0.1) is 23.9 Å². The number of aromatic nitrogens is 1. The Morgan fingerprint density at radius 2 is 2.19 bits per heavy atom. The summed E-state index contributed by atoms with van der Waals surface area (Å²) in [7, 11) is 0. The Bertz CT molecular complexity index is 657. The van der Waals surface area contributed by atoms with Crippen molar-refractivity contribution >= 4 is 23.2 Å². The molecule has 1 N–H and O–H groups in total. The van der Waals surface area contributed by atoms with Crippen LogP contribution in [0.5, 0.6) is 5.75 Å². The number of benzene rings is 1. The number of nitrogens with zero attached hydrogens (tertiary/aromatic N) is 1. The van der Waals surface area contributed by atoms with Gasteiger partial charge in [0.2, 0.25) is 5.89 Å². The Balaban J connectivity index is 1.85. The fourth-order valence-electron chi connectivity index (χ4n) is 2.54. The maximum atomic E-state index is 6.20. The Kier molecular flexibility index (Phi) is 4.11. The molecule has 0 aliphatic carbocycles. The monoisotopic (exact) mass is 326 g/mol. The summed E-state index contributed by atoms with van der Waals surface area (Å²) in [4.78, 5) is 4.26. The van der Waals surface area contributed by atoms with Crippen molar-refractivity contribution in [1.82, 2.24) is 10.3 Å². The highest BCUT2D eigenvalue weighted by Crippen LogP contribution is 2.40. The van der Waals surface area contributed by atoms with Gasteiger partial charge >= 0.3 is 0 Å². The first-order valence-corrected chi connectivity index (χ1v) is 7.60. The van der Waals surface area contributed by atoms with E-state index < -0.39 is 0 Å². The molecule has 0 amide bonds. The lowest BCUT2D eigenvalue weighted by atomic mass is 9.99. The molecular weight excluding hydrogens is 311 g/mol. The van der Waals surface area contributed by atoms with Crippen molar-refractivity contribution in [2.75, 3.05) is 6.61 Å². The van der Waals surface area contributed by atoms with Crippen LogP contribution < -0.4 is 10.1 Å². The van der Waals surface area contributed by atoms with E-state index in [1.54, 1.807) is 12.3 Å². The lowest BCUT2D eigenvalue weighted by Crippen LogP contribution is -2.29. The topological polar surface area (TPSA) is 47.3 Å². The van der Waals surface area contributed by atoms with Crippen molar-refractivity contribution in [2.45, 2.75) is 32.4 Å². The summed E-state index contributed by atoms with van der Waals surface area (Å²) in [5.74, 6) is 2.19. The van der Waals surface area contributed by atoms with Gasteiger partial charge in [0.1, 0.15) is 11.5 Å². The second-order valence-corrected chi connectivity index (χ2v) is 6.04. The third-order valence-electron chi connectivity index (χ3n) is 3.53.